The summed E-state index contributed by atoms with van der Waals surface area (Å²) in [7, 11) is 2.97. The summed E-state index contributed by atoms with van der Waals surface area (Å²) in [4.78, 5) is 10.7. The molecule has 0 aliphatic carbocycles. The van der Waals surface area contributed by atoms with Crippen LogP contribution in [-0.4, -0.2) is 33.3 Å². The molecule has 0 saturated carbocycles. The van der Waals surface area contributed by atoms with E-state index in [0.29, 0.717) is 13.2 Å². The lowest BCUT2D eigenvalue weighted by Crippen LogP contribution is -2.17. The van der Waals surface area contributed by atoms with E-state index in [2.05, 4.69) is 10.1 Å². The van der Waals surface area contributed by atoms with E-state index in [0.717, 1.165) is 5.70 Å². The Morgan fingerprint density at radius 2 is 2.17 bits per heavy atom. The van der Waals surface area contributed by atoms with Crippen LogP contribution in [0.2, 0.25) is 0 Å². The summed E-state index contributed by atoms with van der Waals surface area (Å²) in [6.45, 7) is 3.11. The third kappa shape index (κ3) is 5.73. The van der Waals surface area contributed by atoms with Crippen molar-refractivity contribution in [2.75, 3.05) is 27.4 Å². The van der Waals surface area contributed by atoms with E-state index in [1.54, 1.807) is 14.0 Å². The lowest BCUT2D eigenvalue weighted by atomic mass is 10.4. The van der Waals surface area contributed by atoms with Crippen molar-refractivity contribution in [3.05, 3.63) is 11.8 Å². The second kappa shape index (κ2) is 6.67. The van der Waals surface area contributed by atoms with Crippen LogP contribution in [0.15, 0.2) is 11.8 Å². The van der Waals surface area contributed by atoms with Crippen molar-refractivity contribution >= 4 is 5.97 Å². The van der Waals surface area contributed by atoms with Crippen LogP contribution in [0.25, 0.3) is 0 Å². The molecule has 4 heteroatoms. The molecule has 0 unspecified atom stereocenters. The normalized spacial score (nSPS) is 11.1. The minimum Gasteiger partial charge on any atom is -0.466 e. The molecule has 0 rings (SSSR count). The van der Waals surface area contributed by atoms with Gasteiger partial charge in [-0.3, -0.25) is 0 Å². The first-order valence-corrected chi connectivity index (χ1v) is 3.69. The van der Waals surface area contributed by atoms with Crippen molar-refractivity contribution in [1.82, 2.24) is 5.32 Å². The Morgan fingerprint density at radius 3 is 2.67 bits per heavy atom. The maximum atomic E-state index is 10.7. The number of esters is 1. The molecule has 0 aliphatic heterocycles. The highest BCUT2D eigenvalue weighted by Gasteiger charge is 1.94. The Hall–Kier alpha value is -1.03. The number of carbonyl (C=O) groups is 1. The highest BCUT2D eigenvalue weighted by molar-refractivity contribution is 5.82. The van der Waals surface area contributed by atoms with E-state index in [1.807, 2.05) is 0 Å². The molecule has 0 atom stereocenters. The van der Waals surface area contributed by atoms with E-state index in [-0.39, 0.29) is 5.97 Å². The van der Waals surface area contributed by atoms with Crippen LogP contribution in [0.3, 0.4) is 0 Å². The van der Waals surface area contributed by atoms with E-state index in [9.17, 15) is 4.79 Å². The number of nitrogens with one attached hydrogen (secondary N) is 1. The van der Waals surface area contributed by atoms with E-state index >= 15 is 0 Å². The second-order valence-electron chi connectivity index (χ2n) is 2.27. The first-order valence-electron chi connectivity index (χ1n) is 3.69. The first kappa shape index (κ1) is 11.0. The Balaban J connectivity index is 3.62. The summed E-state index contributed by atoms with van der Waals surface area (Å²) in [5, 5.41) is 2.98. The first-order chi connectivity index (χ1) is 5.70. The van der Waals surface area contributed by atoms with Crippen LogP contribution >= 0.6 is 0 Å². The number of hydrogen-bond donors (Lipinski definition) is 1. The molecule has 0 bridgehead atoms. The SMILES string of the molecule is COCCN/C(C)=C\C(=O)OC. The van der Waals surface area contributed by atoms with Gasteiger partial charge in [0.15, 0.2) is 0 Å². The quantitative estimate of drug-likeness (QED) is 0.369. The van der Waals surface area contributed by atoms with Crippen molar-refractivity contribution in [2.24, 2.45) is 0 Å². The number of hydrogen-bond acceptors (Lipinski definition) is 4. The van der Waals surface area contributed by atoms with Crippen molar-refractivity contribution in [2.45, 2.75) is 6.92 Å². The Kier molecular flexibility index (Phi) is 6.09. The number of rotatable bonds is 5. The molecule has 0 heterocycles. The van der Waals surface area contributed by atoms with Gasteiger partial charge in [-0.2, -0.15) is 0 Å². The van der Waals surface area contributed by atoms with Gasteiger partial charge in [0.25, 0.3) is 0 Å². The molecule has 0 aromatic carbocycles. The Bertz CT molecular complexity index is 166. The van der Waals surface area contributed by atoms with Gasteiger partial charge in [-0.05, 0) is 6.92 Å². The lowest BCUT2D eigenvalue weighted by molar-refractivity contribution is -0.134. The van der Waals surface area contributed by atoms with Gasteiger partial charge in [-0.15, -0.1) is 0 Å². The standard InChI is InChI=1S/C8H15NO3/c1-7(6-8(10)12-3)9-4-5-11-2/h6,9H,4-5H2,1-3H3/b7-6-. The lowest BCUT2D eigenvalue weighted by Gasteiger charge is -2.04. The zero-order chi connectivity index (χ0) is 9.40. The molecule has 0 aromatic heterocycles. The molecule has 70 valence electrons. The van der Waals surface area contributed by atoms with Gasteiger partial charge in [-0.25, -0.2) is 4.79 Å². The summed E-state index contributed by atoms with van der Waals surface area (Å²) in [5.74, 6) is -0.350. The molecule has 0 aliphatic rings. The highest BCUT2D eigenvalue weighted by atomic mass is 16.5. The van der Waals surface area contributed by atoms with Gasteiger partial charge < -0.3 is 14.8 Å². The molecule has 0 radical (unpaired) electrons. The predicted molar refractivity (Wildman–Crippen MR) is 45.7 cm³/mol. The summed E-state index contributed by atoms with van der Waals surface area (Å²) >= 11 is 0. The van der Waals surface area contributed by atoms with Crippen molar-refractivity contribution in [1.29, 1.82) is 0 Å². The minimum atomic E-state index is -0.350. The van der Waals surface area contributed by atoms with E-state index < -0.39 is 0 Å². The van der Waals surface area contributed by atoms with Gasteiger partial charge in [0, 0.05) is 25.4 Å². The number of methoxy groups -OCH3 is 2. The maximum Gasteiger partial charge on any atom is 0.332 e. The molecule has 12 heavy (non-hydrogen) atoms. The van der Waals surface area contributed by atoms with Crippen LogP contribution in [0, 0.1) is 0 Å². The average Bonchev–Trinajstić information content (AvgIpc) is 2.05. The molecule has 0 amide bonds. The topological polar surface area (TPSA) is 47.6 Å². The fourth-order valence-electron chi connectivity index (χ4n) is 0.637. The molecule has 0 saturated heterocycles. The van der Waals surface area contributed by atoms with Crippen LogP contribution in [0.4, 0.5) is 0 Å². The van der Waals surface area contributed by atoms with Gasteiger partial charge in [-0.1, -0.05) is 0 Å². The van der Waals surface area contributed by atoms with Gasteiger partial charge in [0.05, 0.1) is 13.7 Å². The number of carbonyl (C=O) groups excluding carboxylic acids is 1. The largest absolute Gasteiger partial charge is 0.466 e. The monoisotopic (exact) mass is 173 g/mol. The van der Waals surface area contributed by atoms with Gasteiger partial charge in [0.1, 0.15) is 0 Å². The molecular weight excluding hydrogens is 158 g/mol. The molecule has 0 fully saturated rings. The van der Waals surface area contributed by atoms with Crippen molar-refractivity contribution in [3.63, 3.8) is 0 Å². The summed E-state index contributed by atoms with van der Waals surface area (Å²) in [6.07, 6.45) is 1.40. The minimum absolute atomic E-state index is 0.350. The van der Waals surface area contributed by atoms with Crippen LogP contribution in [0.5, 0.6) is 0 Å². The Labute approximate surface area is 72.5 Å². The molecule has 1 N–H and O–H groups in total. The zero-order valence-corrected chi connectivity index (χ0v) is 7.72. The van der Waals surface area contributed by atoms with E-state index in [1.165, 1.54) is 13.2 Å². The maximum absolute atomic E-state index is 10.7. The van der Waals surface area contributed by atoms with Crippen LogP contribution in [-0.2, 0) is 14.3 Å². The molecular formula is C8H15NO3. The van der Waals surface area contributed by atoms with Gasteiger partial charge in [0.2, 0.25) is 0 Å². The fraction of sp³-hybridized carbons (Fsp3) is 0.625. The third-order valence-electron chi connectivity index (χ3n) is 1.25. The van der Waals surface area contributed by atoms with Crippen molar-refractivity contribution < 1.29 is 14.3 Å². The van der Waals surface area contributed by atoms with Gasteiger partial charge >= 0.3 is 5.97 Å². The fourth-order valence-corrected chi connectivity index (χ4v) is 0.637. The zero-order valence-electron chi connectivity index (χ0n) is 7.72. The van der Waals surface area contributed by atoms with Crippen LogP contribution in [0.1, 0.15) is 6.92 Å². The molecule has 0 spiro atoms. The summed E-state index contributed by atoms with van der Waals surface area (Å²) < 4.78 is 9.26. The molecule has 0 aromatic rings. The third-order valence-corrected chi connectivity index (χ3v) is 1.25. The number of ether oxygens (including phenoxy) is 2. The highest BCUT2D eigenvalue weighted by Crippen LogP contribution is 1.87. The van der Waals surface area contributed by atoms with Crippen LogP contribution < -0.4 is 5.32 Å². The smallest absolute Gasteiger partial charge is 0.332 e. The average molecular weight is 173 g/mol. The van der Waals surface area contributed by atoms with E-state index in [4.69, 9.17) is 4.74 Å². The number of allylic oxidation sites excluding steroid dienone is 1. The Morgan fingerprint density at radius 1 is 1.50 bits per heavy atom. The predicted octanol–water partition coefficient (Wildman–Crippen LogP) is 0.299. The summed E-state index contributed by atoms with van der Waals surface area (Å²) in [5.41, 5.74) is 0.777. The van der Waals surface area contributed by atoms with Crippen molar-refractivity contribution in [3.8, 4) is 0 Å². The molecule has 4 nitrogen and oxygen atoms in total. The summed E-state index contributed by atoms with van der Waals surface area (Å²) in [6, 6.07) is 0. The second-order valence-corrected chi connectivity index (χ2v) is 2.27.